The molecule has 6 nitrogen and oxygen atoms in total. The van der Waals surface area contributed by atoms with Gasteiger partial charge in [-0.15, -0.1) is 0 Å². The molecule has 4 aromatic carbocycles. The van der Waals surface area contributed by atoms with Gasteiger partial charge in [-0.1, -0.05) is 64.0 Å². The van der Waals surface area contributed by atoms with E-state index in [-0.39, 0.29) is 6.04 Å². The normalized spacial score (nSPS) is 17.5. The van der Waals surface area contributed by atoms with E-state index in [1.165, 1.54) is 5.56 Å². The summed E-state index contributed by atoms with van der Waals surface area (Å²) < 4.78 is 19.5. The molecule has 0 aromatic heterocycles. The summed E-state index contributed by atoms with van der Waals surface area (Å²) in [4.78, 5) is 12.8. The standard InChI is InChI=1S/C31H24Br2N2O4/c1-18-8-10-19(11-9-18)25-17-26-23-16-22(32)12-13-27(23)38-30(35(26)34-25)21-14-24(33)29(28(15-21)37-2)39-31(36)20-6-4-3-5-7-20/h3-16,26,30H,17H2,1-2H3/t26-,30-/m1/s1. The number of ether oxygens (including phenoxy) is 3. The van der Waals surface area contributed by atoms with E-state index < -0.39 is 12.2 Å². The number of carbonyl (C=O) groups is 1. The molecule has 0 saturated heterocycles. The number of methoxy groups -OCH3 is 1. The van der Waals surface area contributed by atoms with Gasteiger partial charge in [0.25, 0.3) is 0 Å². The number of rotatable bonds is 5. The van der Waals surface area contributed by atoms with Gasteiger partial charge in [-0.25, -0.2) is 9.80 Å². The van der Waals surface area contributed by atoms with Crippen LogP contribution in [0.5, 0.6) is 17.2 Å². The quantitative estimate of drug-likeness (QED) is 0.162. The minimum Gasteiger partial charge on any atom is -0.493 e. The Labute approximate surface area is 243 Å². The second-order valence-corrected chi connectivity index (χ2v) is 11.2. The molecule has 0 spiro atoms. The third-order valence-corrected chi connectivity index (χ3v) is 7.96. The second-order valence-electron chi connectivity index (χ2n) is 9.45. The molecule has 4 aromatic rings. The van der Waals surface area contributed by atoms with Crippen molar-refractivity contribution in [3.63, 3.8) is 0 Å². The second kappa shape index (κ2) is 10.5. The van der Waals surface area contributed by atoms with Crippen molar-refractivity contribution in [2.75, 3.05) is 7.11 Å². The summed E-state index contributed by atoms with van der Waals surface area (Å²) >= 11 is 7.21. The predicted molar refractivity (Wildman–Crippen MR) is 157 cm³/mol. The third kappa shape index (κ3) is 4.94. The first-order valence-electron chi connectivity index (χ1n) is 12.4. The van der Waals surface area contributed by atoms with Crippen molar-refractivity contribution in [3.8, 4) is 17.2 Å². The average Bonchev–Trinajstić information content (AvgIpc) is 3.40. The summed E-state index contributed by atoms with van der Waals surface area (Å²) in [6.45, 7) is 2.08. The van der Waals surface area contributed by atoms with Crippen LogP contribution < -0.4 is 14.2 Å². The summed E-state index contributed by atoms with van der Waals surface area (Å²) in [5, 5.41) is 7.07. The largest absolute Gasteiger partial charge is 0.493 e. The maximum absolute atomic E-state index is 12.8. The van der Waals surface area contributed by atoms with Gasteiger partial charge < -0.3 is 14.2 Å². The van der Waals surface area contributed by atoms with Gasteiger partial charge in [0.1, 0.15) is 5.75 Å². The van der Waals surface area contributed by atoms with Crippen LogP contribution in [0, 0.1) is 6.92 Å². The highest BCUT2D eigenvalue weighted by Gasteiger charge is 2.41. The lowest BCUT2D eigenvalue weighted by Gasteiger charge is -2.38. The van der Waals surface area contributed by atoms with Gasteiger partial charge in [-0.2, -0.15) is 5.10 Å². The maximum atomic E-state index is 12.8. The lowest BCUT2D eigenvalue weighted by atomic mass is 9.95. The number of nitrogens with zero attached hydrogens (tertiary/aromatic N) is 2. The minimum absolute atomic E-state index is 0.00657. The fourth-order valence-corrected chi connectivity index (χ4v) is 5.83. The van der Waals surface area contributed by atoms with Crippen LogP contribution in [0.25, 0.3) is 0 Å². The number of benzene rings is 4. The first-order chi connectivity index (χ1) is 18.9. The smallest absolute Gasteiger partial charge is 0.343 e. The van der Waals surface area contributed by atoms with Gasteiger partial charge in [-0.05, 0) is 70.9 Å². The van der Waals surface area contributed by atoms with Crippen molar-refractivity contribution < 1.29 is 19.0 Å². The van der Waals surface area contributed by atoms with E-state index in [0.717, 1.165) is 39.0 Å². The summed E-state index contributed by atoms with van der Waals surface area (Å²) in [7, 11) is 1.55. The van der Waals surface area contributed by atoms with Crippen LogP contribution >= 0.6 is 31.9 Å². The minimum atomic E-state index is -0.518. The van der Waals surface area contributed by atoms with Crippen LogP contribution in [-0.2, 0) is 0 Å². The van der Waals surface area contributed by atoms with Gasteiger partial charge in [0.05, 0.1) is 28.9 Å². The molecule has 0 fully saturated rings. The van der Waals surface area contributed by atoms with Crippen LogP contribution in [0.15, 0.2) is 99.0 Å². The average molecular weight is 648 g/mol. The molecule has 6 rings (SSSR count). The molecule has 0 saturated carbocycles. The highest BCUT2D eigenvalue weighted by Crippen LogP contribution is 2.50. The van der Waals surface area contributed by atoms with E-state index in [1.54, 1.807) is 31.4 Å². The Morgan fingerprint density at radius 3 is 2.51 bits per heavy atom. The molecule has 2 aliphatic heterocycles. The molecule has 8 heteroatoms. The van der Waals surface area contributed by atoms with Crippen molar-refractivity contribution in [3.05, 3.63) is 122 Å². The molecular weight excluding hydrogens is 624 g/mol. The van der Waals surface area contributed by atoms with Crippen LogP contribution in [-0.4, -0.2) is 23.8 Å². The van der Waals surface area contributed by atoms with Crippen molar-refractivity contribution >= 4 is 43.5 Å². The van der Waals surface area contributed by atoms with Crippen molar-refractivity contribution in [1.29, 1.82) is 0 Å². The van der Waals surface area contributed by atoms with Crippen LogP contribution in [0.4, 0.5) is 0 Å². The van der Waals surface area contributed by atoms with E-state index in [2.05, 4.69) is 69.1 Å². The lowest BCUT2D eigenvalue weighted by molar-refractivity contribution is -0.0192. The van der Waals surface area contributed by atoms with Gasteiger partial charge in [0.2, 0.25) is 6.23 Å². The fourth-order valence-electron chi connectivity index (χ4n) is 4.91. The van der Waals surface area contributed by atoms with Gasteiger partial charge >= 0.3 is 5.97 Å². The van der Waals surface area contributed by atoms with E-state index >= 15 is 0 Å². The van der Waals surface area contributed by atoms with Gasteiger partial charge in [-0.3, -0.25) is 0 Å². The number of halogens is 2. The molecule has 2 aliphatic rings. The topological polar surface area (TPSA) is 60.4 Å². The number of hydrogen-bond acceptors (Lipinski definition) is 6. The molecule has 0 radical (unpaired) electrons. The Bertz CT molecular complexity index is 1590. The molecule has 2 atom stereocenters. The van der Waals surface area contributed by atoms with E-state index in [0.29, 0.717) is 21.5 Å². The Balaban J connectivity index is 1.39. The molecular formula is C31H24Br2N2O4. The number of hydrogen-bond donors (Lipinski definition) is 0. The first kappa shape index (κ1) is 25.6. The Morgan fingerprint density at radius 1 is 1.00 bits per heavy atom. The predicted octanol–water partition coefficient (Wildman–Crippen LogP) is 7.99. The zero-order valence-corrected chi connectivity index (χ0v) is 24.4. The molecule has 196 valence electrons. The molecule has 2 heterocycles. The van der Waals surface area contributed by atoms with Crippen LogP contribution in [0.2, 0.25) is 0 Å². The number of fused-ring (bicyclic) bond motifs is 3. The van der Waals surface area contributed by atoms with E-state index in [4.69, 9.17) is 19.3 Å². The van der Waals surface area contributed by atoms with Crippen molar-refractivity contribution in [2.45, 2.75) is 25.6 Å². The molecule has 0 N–H and O–H groups in total. The molecule has 0 aliphatic carbocycles. The Morgan fingerprint density at radius 2 is 1.77 bits per heavy atom. The van der Waals surface area contributed by atoms with E-state index in [9.17, 15) is 4.79 Å². The number of carbonyl (C=O) groups excluding carboxylic acids is 1. The summed E-state index contributed by atoms with van der Waals surface area (Å²) in [6, 6.07) is 27.1. The van der Waals surface area contributed by atoms with Crippen LogP contribution in [0.1, 0.15) is 51.3 Å². The number of hydrazone groups is 1. The number of aryl methyl sites for hydroxylation is 1. The summed E-state index contributed by atoms with van der Waals surface area (Å²) in [5.74, 6) is 1.05. The molecule has 0 amide bonds. The molecule has 0 bridgehead atoms. The first-order valence-corrected chi connectivity index (χ1v) is 14.0. The zero-order chi connectivity index (χ0) is 27.1. The molecule has 0 unspecified atom stereocenters. The third-order valence-electron chi connectivity index (χ3n) is 6.88. The highest BCUT2D eigenvalue weighted by atomic mass is 79.9. The van der Waals surface area contributed by atoms with Gasteiger partial charge in [0.15, 0.2) is 11.5 Å². The zero-order valence-electron chi connectivity index (χ0n) is 21.2. The Hall–Kier alpha value is -3.62. The number of esters is 1. The van der Waals surface area contributed by atoms with Crippen LogP contribution in [0.3, 0.4) is 0 Å². The van der Waals surface area contributed by atoms with Crippen molar-refractivity contribution in [1.82, 2.24) is 5.01 Å². The molecule has 39 heavy (non-hydrogen) atoms. The lowest BCUT2D eigenvalue weighted by Crippen LogP contribution is -2.33. The highest BCUT2D eigenvalue weighted by molar-refractivity contribution is 9.10. The maximum Gasteiger partial charge on any atom is 0.343 e. The van der Waals surface area contributed by atoms with Crippen molar-refractivity contribution in [2.24, 2.45) is 5.10 Å². The monoisotopic (exact) mass is 646 g/mol. The Kier molecular flexibility index (Phi) is 6.91. The fraction of sp³-hybridized carbons (Fsp3) is 0.161. The van der Waals surface area contributed by atoms with Gasteiger partial charge in [0, 0.05) is 22.0 Å². The van der Waals surface area contributed by atoms with E-state index in [1.807, 2.05) is 35.3 Å². The SMILES string of the molecule is COc1cc([C@H]2Oc3ccc(Br)cc3[C@H]3CC(c4ccc(C)cc4)=NN32)cc(Br)c1OC(=O)c1ccccc1. The summed E-state index contributed by atoms with van der Waals surface area (Å²) in [6.07, 6.45) is 0.230. The summed E-state index contributed by atoms with van der Waals surface area (Å²) in [5.41, 5.74) is 5.63.